The Morgan fingerprint density at radius 1 is 0.679 bits per heavy atom. The van der Waals surface area contributed by atoms with E-state index in [0.717, 1.165) is 19.3 Å². The molecule has 0 aromatic heterocycles. The van der Waals surface area contributed by atoms with Gasteiger partial charge in [0.05, 0.1) is 6.61 Å². The molecular weight excluding hydrogens is 364 g/mol. The standard InChI is InChI=1S/C20H36N2O6/c1-2-3-4-5-6-7-8-9-10-13-16-28-20(27)22-18(24)15-12-11-14-17(23)21-19(25)26/h2-16H2,1H3,(H,21,23)(H,25,26)(H,22,24,27). The lowest BCUT2D eigenvalue weighted by Crippen LogP contribution is -2.31. The molecule has 0 aromatic carbocycles. The summed E-state index contributed by atoms with van der Waals surface area (Å²) in [5.74, 6) is -1.07. The minimum absolute atomic E-state index is 0.0166. The maximum absolute atomic E-state index is 11.6. The minimum atomic E-state index is -1.40. The zero-order chi connectivity index (χ0) is 21.0. The Morgan fingerprint density at radius 2 is 1.14 bits per heavy atom. The van der Waals surface area contributed by atoms with Gasteiger partial charge in [0.15, 0.2) is 0 Å². The first-order valence-electron chi connectivity index (χ1n) is 10.4. The summed E-state index contributed by atoms with van der Waals surface area (Å²) in [6.45, 7) is 2.51. The van der Waals surface area contributed by atoms with Gasteiger partial charge >= 0.3 is 12.2 Å². The van der Waals surface area contributed by atoms with E-state index >= 15 is 0 Å². The van der Waals surface area contributed by atoms with Gasteiger partial charge in [0, 0.05) is 12.8 Å². The highest BCUT2D eigenvalue weighted by atomic mass is 16.5. The molecule has 4 amide bonds. The van der Waals surface area contributed by atoms with Crippen molar-refractivity contribution in [1.82, 2.24) is 10.6 Å². The average Bonchev–Trinajstić information content (AvgIpc) is 2.62. The molecule has 0 atom stereocenters. The topological polar surface area (TPSA) is 122 Å². The Morgan fingerprint density at radius 3 is 1.64 bits per heavy atom. The van der Waals surface area contributed by atoms with E-state index in [9.17, 15) is 19.2 Å². The van der Waals surface area contributed by atoms with Crippen LogP contribution < -0.4 is 10.6 Å². The normalized spacial score (nSPS) is 10.3. The molecule has 0 bridgehead atoms. The zero-order valence-corrected chi connectivity index (χ0v) is 17.1. The van der Waals surface area contributed by atoms with Crippen molar-refractivity contribution in [2.45, 2.75) is 96.8 Å². The van der Waals surface area contributed by atoms with Gasteiger partial charge in [-0.1, -0.05) is 64.7 Å². The van der Waals surface area contributed by atoms with Crippen LogP contribution in [0, 0.1) is 0 Å². The third kappa shape index (κ3) is 18.7. The summed E-state index contributed by atoms with van der Waals surface area (Å²) < 4.78 is 4.97. The number of alkyl carbamates (subject to hydrolysis) is 1. The van der Waals surface area contributed by atoms with Crippen LogP contribution in [0.1, 0.15) is 96.8 Å². The zero-order valence-electron chi connectivity index (χ0n) is 17.1. The van der Waals surface area contributed by atoms with Crippen LogP contribution in [0.4, 0.5) is 9.59 Å². The molecule has 0 spiro atoms. The van der Waals surface area contributed by atoms with E-state index in [4.69, 9.17) is 9.84 Å². The Hall–Kier alpha value is -2.12. The van der Waals surface area contributed by atoms with Gasteiger partial charge in [-0.15, -0.1) is 0 Å². The summed E-state index contributed by atoms with van der Waals surface area (Å²) in [5, 5.41) is 12.2. The second-order valence-corrected chi connectivity index (χ2v) is 6.93. The van der Waals surface area contributed by atoms with Gasteiger partial charge in [-0.3, -0.25) is 20.2 Å². The molecule has 8 heteroatoms. The first kappa shape index (κ1) is 25.9. The molecule has 162 valence electrons. The molecular formula is C20H36N2O6. The summed E-state index contributed by atoms with van der Waals surface area (Å²) >= 11 is 0. The van der Waals surface area contributed by atoms with Gasteiger partial charge < -0.3 is 9.84 Å². The van der Waals surface area contributed by atoms with Crippen molar-refractivity contribution in [3.8, 4) is 0 Å². The van der Waals surface area contributed by atoms with Crippen molar-refractivity contribution in [2.75, 3.05) is 6.61 Å². The fourth-order valence-electron chi connectivity index (χ4n) is 2.72. The van der Waals surface area contributed by atoms with Crippen LogP contribution in [0.2, 0.25) is 0 Å². The van der Waals surface area contributed by atoms with Gasteiger partial charge in [-0.05, 0) is 19.3 Å². The lowest BCUT2D eigenvalue weighted by molar-refractivity contribution is -0.122. The second kappa shape index (κ2) is 18.3. The summed E-state index contributed by atoms with van der Waals surface area (Å²) in [6, 6.07) is 0. The summed E-state index contributed by atoms with van der Waals surface area (Å²) in [6.07, 6.45) is 10.6. The van der Waals surface area contributed by atoms with Gasteiger partial charge in [-0.2, -0.15) is 0 Å². The van der Waals surface area contributed by atoms with Crippen molar-refractivity contribution >= 4 is 24.0 Å². The number of unbranched alkanes of at least 4 members (excludes halogenated alkanes) is 10. The van der Waals surface area contributed by atoms with Crippen molar-refractivity contribution in [3.05, 3.63) is 0 Å². The number of rotatable bonds is 16. The number of nitrogens with one attached hydrogen (secondary N) is 2. The van der Waals surface area contributed by atoms with E-state index in [2.05, 4.69) is 12.2 Å². The van der Waals surface area contributed by atoms with Crippen molar-refractivity contribution in [3.63, 3.8) is 0 Å². The molecule has 3 N–H and O–H groups in total. The van der Waals surface area contributed by atoms with Gasteiger partial charge in [0.1, 0.15) is 0 Å². The summed E-state index contributed by atoms with van der Waals surface area (Å²) in [7, 11) is 0. The Kier molecular flexibility index (Phi) is 16.9. The van der Waals surface area contributed by atoms with Crippen molar-refractivity contribution in [2.24, 2.45) is 0 Å². The van der Waals surface area contributed by atoms with E-state index in [-0.39, 0.29) is 12.8 Å². The number of hydrogen-bond donors (Lipinski definition) is 3. The lowest BCUT2D eigenvalue weighted by Gasteiger charge is -2.06. The predicted molar refractivity (Wildman–Crippen MR) is 106 cm³/mol. The number of carbonyl (C=O) groups excluding carboxylic acids is 3. The number of carbonyl (C=O) groups is 4. The molecule has 0 rings (SSSR count). The Bertz CT molecular complexity index is 468. The van der Waals surface area contributed by atoms with Crippen LogP contribution >= 0.6 is 0 Å². The lowest BCUT2D eigenvalue weighted by atomic mass is 10.1. The van der Waals surface area contributed by atoms with Crippen LogP contribution in [0.3, 0.4) is 0 Å². The highest BCUT2D eigenvalue weighted by Gasteiger charge is 2.10. The van der Waals surface area contributed by atoms with Gasteiger partial charge in [0.25, 0.3) is 0 Å². The maximum Gasteiger partial charge on any atom is 0.413 e. The molecule has 0 aliphatic heterocycles. The average molecular weight is 401 g/mol. The number of amides is 4. The number of carboxylic acid groups (broad SMARTS) is 1. The Balaban J connectivity index is 3.45. The van der Waals surface area contributed by atoms with Crippen molar-refractivity contribution < 1.29 is 29.0 Å². The fraction of sp³-hybridized carbons (Fsp3) is 0.800. The SMILES string of the molecule is CCCCCCCCCCCCOC(=O)NC(=O)CCCCC(=O)NC(=O)O. The predicted octanol–water partition coefficient (Wildman–Crippen LogP) is 4.51. The molecule has 0 fully saturated rings. The largest absolute Gasteiger partial charge is 0.465 e. The molecule has 0 aliphatic rings. The third-order valence-electron chi connectivity index (χ3n) is 4.28. The first-order chi connectivity index (χ1) is 13.5. The van der Waals surface area contributed by atoms with Crippen LogP contribution in [0.25, 0.3) is 0 Å². The molecule has 8 nitrogen and oxygen atoms in total. The molecule has 0 aliphatic carbocycles. The Labute approximate surface area is 167 Å². The van der Waals surface area contributed by atoms with E-state index in [1.54, 1.807) is 5.32 Å². The van der Waals surface area contributed by atoms with Crippen molar-refractivity contribution in [1.29, 1.82) is 0 Å². The smallest absolute Gasteiger partial charge is 0.413 e. The summed E-state index contributed by atoms with van der Waals surface area (Å²) in [4.78, 5) is 44.4. The first-order valence-corrected chi connectivity index (χ1v) is 10.4. The minimum Gasteiger partial charge on any atom is -0.465 e. The molecule has 0 unspecified atom stereocenters. The molecule has 0 saturated heterocycles. The van der Waals surface area contributed by atoms with Crippen LogP contribution in [-0.4, -0.2) is 35.7 Å². The number of imide groups is 2. The third-order valence-corrected chi connectivity index (χ3v) is 4.28. The molecule has 0 radical (unpaired) electrons. The van der Waals surface area contributed by atoms with Crippen LogP contribution in [0.15, 0.2) is 0 Å². The van der Waals surface area contributed by atoms with E-state index in [0.29, 0.717) is 19.4 Å². The maximum atomic E-state index is 11.6. The quantitative estimate of drug-likeness (QED) is 0.328. The highest BCUT2D eigenvalue weighted by Crippen LogP contribution is 2.10. The van der Waals surface area contributed by atoms with Gasteiger partial charge in [0.2, 0.25) is 11.8 Å². The second-order valence-electron chi connectivity index (χ2n) is 6.93. The summed E-state index contributed by atoms with van der Waals surface area (Å²) in [5.41, 5.74) is 0. The van der Waals surface area contributed by atoms with E-state index in [1.165, 1.54) is 44.9 Å². The highest BCUT2D eigenvalue weighted by molar-refractivity contribution is 5.92. The van der Waals surface area contributed by atoms with Gasteiger partial charge in [-0.25, -0.2) is 9.59 Å². The molecule has 0 heterocycles. The van der Waals surface area contributed by atoms with Crippen LogP contribution in [0.5, 0.6) is 0 Å². The monoisotopic (exact) mass is 400 g/mol. The van der Waals surface area contributed by atoms with E-state index in [1.807, 2.05) is 0 Å². The molecule has 0 aromatic rings. The van der Waals surface area contributed by atoms with Crippen LogP contribution in [-0.2, 0) is 14.3 Å². The fourth-order valence-corrected chi connectivity index (χ4v) is 2.72. The number of hydrogen-bond acceptors (Lipinski definition) is 5. The van der Waals surface area contributed by atoms with E-state index < -0.39 is 24.0 Å². The molecule has 28 heavy (non-hydrogen) atoms. The molecule has 0 saturated carbocycles. The number of ether oxygens (including phenoxy) is 1.